The van der Waals surface area contributed by atoms with Gasteiger partial charge >= 0.3 is 0 Å². The van der Waals surface area contributed by atoms with E-state index < -0.39 is 0 Å². The number of piperazine rings is 3. The van der Waals surface area contributed by atoms with Crippen LogP contribution in [0.15, 0.2) is 0 Å². The number of hydrogen-bond donors (Lipinski definition) is 6. The van der Waals surface area contributed by atoms with Crippen molar-refractivity contribution in [2.45, 2.75) is 0 Å². The van der Waals surface area contributed by atoms with Crippen molar-refractivity contribution < 1.29 is 53.2 Å². The van der Waals surface area contributed by atoms with Crippen molar-refractivity contribution in [2.75, 3.05) is 78.5 Å². The average Bonchev–Trinajstić information content (AvgIpc) is 2.54. The first-order chi connectivity index (χ1) is 9.00. The smallest absolute Gasteiger partial charge is 0.0882 e. The van der Waals surface area contributed by atoms with Crippen molar-refractivity contribution in [1.29, 1.82) is 0 Å². The first-order valence-corrected chi connectivity index (χ1v) is 7.57. The number of quaternary nitrogens is 3. The highest BCUT2D eigenvalue weighted by atomic mass is 35.5. The van der Waals surface area contributed by atoms with E-state index in [1.165, 1.54) is 78.5 Å². The van der Waals surface area contributed by atoms with E-state index in [0.29, 0.717) is 0 Å². The van der Waals surface area contributed by atoms with Gasteiger partial charge in [-0.1, -0.05) is 0 Å². The highest BCUT2D eigenvalue weighted by Crippen LogP contribution is 1.55. The van der Waals surface area contributed by atoms with Crippen LogP contribution in [0.25, 0.3) is 0 Å². The predicted molar refractivity (Wildman–Crippen MR) is 73.6 cm³/mol. The third-order valence-electron chi connectivity index (χ3n) is 3.15. The SMILES string of the molecule is C1C[NH2+]CCN1.C1C[NH2+]CCN1.C1C[NH2+]CCN1.[Cl-].[Cl-].[Cl-]. The van der Waals surface area contributed by atoms with Gasteiger partial charge in [-0.2, -0.15) is 0 Å². The van der Waals surface area contributed by atoms with Crippen LogP contribution in [0.2, 0.25) is 0 Å². The minimum atomic E-state index is 0. The fourth-order valence-electron chi connectivity index (χ4n) is 2.03. The van der Waals surface area contributed by atoms with Crippen LogP contribution in [0.5, 0.6) is 0 Å². The second-order valence-electron chi connectivity index (χ2n) is 4.85. The minimum absolute atomic E-state index is 0. The second-order valence-corrected chi connectivity index (χ2v) is 4.85. The van der Waals surface area contributed by atoms with Crippen molar-refractivity contribution in [2.24, 2.45) is 0 Å². The fourth-order valence-corrected chi connectivity index (χ4v) is 2.03. The lowest BCUT2D eigenvalue weighted by Crippen LogP contribution is -3.00. The van der Waals surface area contributed by atoms with Crippen LogP contribution in [-0.4, -0.2) is 78.5 Å². The van der Waals surface area contributed by atoms with Crippen molar-refractivity contribution in [3.8, 4) is 0 Å². The maximum atomic E-state index is 3.25. The summed E-state index contributed by atoms with van der Waals surface area (Å²) >= 11 is 0. The normalized spacial score (nSPS) is 20.6. The molecule has 3 aliphatic heterocycles. The summed E-state index contributed by atoms with van der Waals surface area (Å²) in [4.78, 5) is 0. The molecule has 0 saturated carbocycles. The van der Waals surface area contributed by atoms with Crippen molar-refractivity contribution in [3.05, 3.63) is 0 Å². The number of halogens is 3. The molecule has 3 fully saturated rings. The van der Waals surface area contributed by atoms with Gasteiger partial charge in [0.05, 0.1) is 39.3 Å². The van der Waals surface area contributed by atoms with Gasteiger partial charge < -0.3 is 69.1 Å². The molecule has 9 N–H and O–H groups in total. The molecule has 0 spiro atoms. The number of nitrogens with two attached hydrogens (primary N) is 3. The van der Waals surface area contributed by atoms with Gasteiger partial charge in [0.15, 0.2) is 0 Å². The monoisotopic (exact) mass is 366 g/mol. The van der Waals surface area contributed by atoms with E-state index in [2.05, 4.69) is 31.9 Å². The van der Waals surface area contributed by atoms with Crippen molar-refractivity contribution in [1.82, 2.24) is 16.0 Å². The molecular formula is C12H33Cl3N6. The van der Waals surface area contributed by atoms with Crippen molar-refractivity contribution in [3.63, 3.8) is 0 Å². The maximum Gasteiger partial charge on any atom is 0.0882 e. The molecule has 21 heavy (non-hydrogen) atoms. The first kappa shape index (κ1) is 26.5. The van der Waals surface area contributed by atoms with Crippen LogP contribution < -0.4 is 69.1 Å². The van der Waals surface area contributed by atoms with Gasteiger partial charge in [-0.15, -0.1) is 0 Å². The third-order valence-corrected chi connectivity index (χ3v) is 3.15. The maximum absolute atomic E-state index is 3.25. The highest BCUT2D eigenvalue weighted by Gasteiger charge is 1.96. The minimum Gasteiger partial charge on any atom is -1.00 e. The van der Waals surface area contributed by atoms with Gasteiger partial charge in [-0.25, -0.2) is 0 Å². The second kappa shape index (κ2) is 22.9. The molecule has 0 aliphatic carbocycles. The molecule has 0 aromatic carbocycles. The highest BCUT2D eigenvalue weighted by molar-refractivity contribution is 4.46. The number of hydrogen-bond acceptors (Lipinski definition) is 3. The largest absolute Gasteiger partial charge is 1.00 e. The predicted octanol–water partition coefficient (Wildman–Crippen LogP) is -14.5. The molecule has 3 heterocycles. The Morgan fingerprint density at radius 1 is 0.381 bits per heavy atom. The fraction of sp³-hybridized carbons (Fsp3) is 1.00. The molecule has 6 nitrogen and oxygen atoms in total. The van der Waals surface area contributed by atoms with E-state index in [9.17, 15) is 0 Å². The van der Waals surface area contributed by atoms with Gasteiger partial charge in [-0.3, -0.25) is 0 Å². The number of nitrogens with one attached hydrogen (secondary N) is 3. The Labute approximate surface area is 148 Å². The van der Waals surface area contributed by atoms with Gasteiger partial charge in [0.25, 0.3) is 0 Å². The molecule has 3 aliphatic rings. The van der Waals surface area contributed by atoms with Crippen LogP contribution in [0.4, 0.5) is 0 Å². The molecule has 0 bridgehead atoms. The summed E-state index contributed by atoms with van der Waals surface area (Å²) in [6, 6.07) is 0. The first-order valence-electron chi connectivity index (χ1n) is 7.57. The molecule has 3 saturated heterocycles. The summed E-state index contributed by atoms with van der Waals surface area (Å²) in [7, 11) is 0. The van der Waals surface area contributed by atoms with E-state index in [1.807, 2.05) is 0 Å². The Hall–Kier alpha value is 0.630. The Morgan fingerprint density at radius 2 is 0.571 bits per heavy atom. The van der Waals surface area contributed by atoms with Crippen LogP contribution in [0, 0.1) is 0 Å². The van der Waals surface area contributed by atoms with Crippen LogP contribution in [0.3, 0.4) is 0 Å². The van der Waals surface area contributed by atoms with Crippen LogP contribution >= 0.6 is 0 Å². The van der Waals surface area contributed by atoms with Crippen molar-refractivity contribution >= 4 is 0 Å². The lowest BCUT2D eigenvalue weighted by molar-refractivity contribution is -0.657. The van der Waals surface area contributed by atoms with E-state index in [4.69, 9.17) is 0 Å². The summed E-state index contributed by atoms with van der Waals surface area (Å²) < 4.78 is 0. The van der Waals surface area contributed by atoms with Gasteiger partial charge in [0.1, 0.15) is 0 Å². The van der Waals surface area contributed by atoms with Gasteiger partial charge in [-0.05, 0) is 0 Å². The summed E-state index contributed by atoms with van der Waals surface area (Å²) in [6.45, 7) is 14.8. The van der Waals surface area contributed by atoms with Crippen LogP contribution in [0.1, 0.15) is 0 Å². The summed E-state index contributed by atoms with van der Waals surface area (Å²) in [5, 5.41) is 16.8. The molecule has 0 aromatic rings. The average molecular weight is 368 g/mol. The van der Waals surface area contributed by atoms with Gasteiger partial charge in [0.2, 0.25) is 0 Å². The molecule has 0 unspecified atom stereocenters. The Bertz CT molecular complexity index is 104. The molecule has 3 rings (SSSR count). The Balaban J connectivity index is -0.000000216. The molecule has 0 radical (unpaired) electrons. The molecule has 9 heteroatoms. The number of rotatable bonds is 0. The molecule has 0 amide bonds. The molecule has 0 aromatic heterocycles. The summed E-state index contributed by atoms with van der Waals surface area (Å²) in [5.74, 6) is 0. The molecule has 132 valence electrons. The zero-order valence-corrected chi connectivity index (χ0v) is 15.1. The quantitative estimate of drug-likeness (QED) is 0.257. The molecular weight excluding hydrogens is 335 g/mol. The lowest BCUT2D eigenvalue weighted by atomic mass is 10.4. The Kier molecular flexibility index (Phi) is 28.9. The van der Waals surface area contributed by atoms with E-state index >= 15 is 0 Å². The Morgan fingerprint density at radius 3 is 0.619 bits per heavy atom. The van der Waals surface area contributed by atoms with E-state index in [1.54, 1.807) is 0 Å². The summed E-state index contributed by atoms with van der Waals surface area (Å²) in [6.07, 6.45) is 0. The van der Waals surface area contributed by atoms with Crippen LogP contribution in [-0.2, 0) is 0 Å². The lowest BCUT2D eigenvalue weighted by Gasteiger charge is -2.07. The molecule has 0 atom stereocenters. The van der Waals surface area contributed by atoms with E-state index in [0.717, 1.165) is 0 Å². The standard InChI is InChI=1S/3C4H10N2.3ClH/c3*1-2-6-4-3-5-1;;;/h3*5-6H,1-4H2;3*1H. The zero-order chi connectivity index (χ0) is 12.7. The zero-order valence-electron chi connectivity index (χ0n) is 12.9. The van der Waals surface area contributed by atoms with E-state index in [-0.39, 0.29) is 37.2 Å². The third kappa shape index (κ3) is 20.6. The topological polar surface area (TPSA) is 85.9 Å². The van der Waals surface area contributed by atoms with Gasteiger partial charge in [0, 0.05) is 39.3 Å². The summed E-state index contributed by atoms with van der Waals surface area (Å²) in [5.41, 5.74) is 0.